The van der Waals surface area contributed by atoms with Crippen molar-refractivity contribution in [2.75, 3.05) is 24.3 Å². The second kappa shape index (κ2) is 8.06. The first kappa shape index (κ1) is 18.9. The van der Waals surface area contributed by atoms with Crippen LogP contribution in [0.5, 0.6) is 11.5 Å². The molecule has 1 aromatic heterocycles. The predicted octanol–water partition coefficient (Wildman–Crippen LogP) is 3.11. The molecule has 2 aromatic rings. The minimum Gasteiger partial charge on any atom is -0.497 e. The Morgan fingerprint density at radius 2 is 1.92 bits per heavy atom. The van der Waals surface area contributed by atoms with Gasteiger partial charge in [-0.15, -0.1) is 0 Å². The quantitative estimate of drug-likeness (QED) is 0.747. The lowest BCUT2D eigenvalue weighted by atomic mass is 10.2. The van der Waals surface area contributed by atoms with Crippen LogP contribution in [0.1, 0.15) is 20.3 Å². The number of pyridine rings is 1. The third kappa shape index (κ3) is 4.76. The number of anilines is 2. The fourth-order valence-electron chi connectivity index (χ4n) is 2.11. The third-order valence-electron chi connectivity index (χ3n) is 3.69. The fourth-order valence-corrected chi connectivity index (χ4v) is 3.31. The molecule has 136 valence electrons. The summed E-state index contributed by atoms with van der Waals surface area (Å²) in [7, 11) is -0.988. The zero-order valence-electron chi connectivity index (χ0n) is 14.7. The number of sulfonamides is 1. The summed E-state index contributed by atoms with van der Waals surface area (Å²) in [5.74, 6) is 0.866. The lowest BCUT2D eigenvalue weighted by Gasteiger charge is -2.14. The minimum atomic E-state index is -3.87. The lowest BCUT2D eigenvalue weighted by molar-refractivity contribution is 0.392. The molecular formula is C17H23N3O4S. The highest BCUT2D eigenvalue weighted by Crippen LogP contribution is 2.29. The summed E-state index contributed by atoms with van der Waals surface area (Å²) in [5.41, 5.74) is 0.830. The van der Waals surface area contributed by atoms with E-state index in [1.807, 2.05) is 0 Å². The molecule has 8 heteroatoms. The van der Waals surface area contributed by atoms with Crippen molar-refractivity contribution in [3.8, 4) is 11.5 Å². The first-order valence-corrected chi connectivity index (χ1v) is 9.35. The van der Waals surface area contributed by atoms with Gasteiger partial charge in [-0.25, -0.2) is 13.4 Å². The van der Waals surface area contributed by atoms with Crippen LogP contribution < -0.4 is 19.5 Å². The van der Waals surface area contributed by atoms with Crippen LogP contribution in [0.15, 0.2) is 41.4 Å². The molecule has 0 aliphatic heterocycles. The van der Waals surface area contributed by atoms with Gasteiger partial charge in [0.05, 0.1) is 26.1 Å². The highest BCUT2D eigenvalue weighted by molar-refractivity contribution is 7.92. The Kier molecular flexibility index (Phi) is 6.08. The maximum absolute atomic E-state index is 12.7. The molecule has 0 fully saturated rings. The van der Waals surface area contributed by atoms with E-state index < -0.39 is 10.0 Å². The van der Waals surface area contributed by atoms with Crippen LogP contribution >= 0.6 is 0 Å². The van der Waals surface area contributed by atoms with Crippen LogP contribution in [-0.4, -0.2) is 33.7 Å². The molecule has 25 heavy (non-hydrogen) atoms. The fraction of sp³-hybridized carbons (Fsp3) is 0.353. The maximum Gasteiger partial charge on any atom is 0.266 e. The van der Waals surface area contributed by atoms with E-state index in [9.17, 15) is 8.42 Å². The van der Waals surface area contributed by atoms with Crippen molar-refractivity contribution in [3.05, 3.63) is 36.5 Å². The van der Waals surface area contributed by atoms with Gasteiger partial charge in [-0.3, -0.25) is 4.72 Å². The number of ether oxygens (including phenoxy) is 2. The van der Waals surface area contributed by atoms with Crippen molar-refractivity contribution in [2.24, 2.45) is 0 Å². The summed E-state index contributed by atoms with van der Waals surface area (Å²) in [6.45, 7) is 4.14. The van der Waals surface area contributed by atoms with Gasteiger partial charge in [-0.05, 0) is 37.6 Å². The Bertz CT molecular complexity index is 807. The van der Waals surface area contributed by atoms with Crippen LogP contribution in [0.2, 0.25) is 0 Å². The Hall–Kier alpha value is -2.48. The van der Waals surface area contributed by atoms with Crippen molar-refractivity contribution in [2.45, 2.75) is 31.2 Å². The van der Waals surface area contributed by atoms with E-state index in [-0.39, 0.29) is 16.5 Å². The zero-order valence-corrected chi connectivity index (χ0v) is 15.6. The van der Waals surface area contributed by atoms with Crippen molar-refractivity contribution in [3.63, 3.8) is 0 Å². The van der Waals surface area contributed by atoms with Crippen molar-refractivity contribution in [1.82, 2.24) is 4.98 Å². The number of nitrogens with one attached hydrogen (secondary N) is 2. The topological polar surface area (TPSA) is 89.5 Å². The smallest absolute Gasteiger partial charge is 0.266 e. The first-order valence-electron chi connectivity index (χ1n) is 7.87. The second-order valence-electron chi connectivity index (χ2n) is 5.51. The molecule has 0 bridgehead atoms. The van der Waals surface area contributed by atoms with Gasteiger partial charge in [-0.1, -0.05) is 6.92 Å². The summed E-state index contributed by atoms with van der Waals surface area (Å²) in [4.78, 5) is 4.13. The van der Waals surface area contributed by atoms with E-state index in [1.165, 1.54) is 20.3 Å². The van der Waals surface area contributed by atoms with Crippen molar-refractivity contribution < 1.29 is 17.9 Å². The number of hydrogen-bond acceptors (Lipinski definition) is 6. The van der Waals surface area contributed by atoms with Crippen LogP contribution in [0.3, 0.4) is 0 Å². The molecular weight excluding hydrogens is 342 g/mol. The SMILES string of the molecule is CCC(C)Nc1ccc(NS(=O)(=O)c2cc(OC)ccc2OC)nc1. The Morgan fingerprint density at radius 1 is 1.16 bits per heavy atom. The standard InChI is InChI=1S/C17H23N3O4S/c1-5-12(2)19-13-6-9-17(18-11-13)20-25(21,22)16-10-14(23-3)7-8-15(16)24-4/h6-12,19H,5H2,1-4H3,(H,18,20). The molecule has 0 aliphatic rings. The number of benzene rings is 1. The number of hydrogen-bond donors (Lipinski definition) is 2. The summed E-state index contributed by atoms with van der Waals surface area (Å²) >= 11 is 0. The Morgan fingerprint density at radius 3 is 2.48 bits per heavy atom. The minimum absolute atomic E-state index is 0.0158. The zero-order chi connectivity index (χ0) is 18.4. The number of methoxy groups -OCH3 is 2. The van der Waals surface area contributed by atoms with Crippen LogP contribution in [0.4, 0.5) is 11.5 Å². The summed E-state index contributed by atoms with van der Waals surface area (Å²) < 4.78 is 38.0. The normalized spacial score (nSPS) is 12.3. The van der Waals surface area contributed by atoms with E-state index >= 15 is 0 Å². The molecule has 0 saturated heterocycles. The van der Waals surface area contributed by atoms with Gasteiger partial charge in [0.1, 0.15) is 22.2 Å². The number of aromatic nitrogens is 1. The van der Waals surface area contributed by atoms with Crippen molar-refractivity contribution >= 4 is 21.5 Å². The summed E-state index contributed by atoms with van der Waals surface area (Å²) in [6.07, 6.45) is 2.57. The molecule has 0 saturated carbocycles. The van der Waals surface area contributed by atoms with Gasteiger partial charge < -0.3 is 14.8 Å². The van der Waals surface area contributed by atoms with Gasteiger partial charge in [0.15, 0.2) is 0 Å². The van der Waals surface area contributed by atoms with Gasteiger partial charge in [0.2, 0.25) is 0 Å². The van der Waals surface area contributed by atoms with E-state index in [0.717, 1.165) is 12.1 Å². The van der Waals surface area contributed by atoms with Crippen LogP contribution in [-0.2, 0) is 10.0 Å². The number of rotatable bonds is 8. The largest absolute Gasteiger partial charge is 0.497 e. The third-order valence-corrected chi connectivity index (χ3v) is 5.06. The summed E-state index contributed by atoms with van der Waals surface area (Å²) in [6, 6.07) is 8.27. The van der Waals surface area contributed by atoms with E-state index in [4.69, 9.17) is 9.47 Å². The molecule has 0 amide bonds. The lowest BCUT2D eigenvalue weighted by Crippen LogP contribution is -2.16. The van der Waals surface area contributed by atoms with Gasteiger partial charge in [0.25, 0.3) is 10.0 Å². The average molecular weight is 365 g/mol. The maximum atomic E-state index is 12.7. The van der Waals surface area contributed by atoms with E-state index in [1.54, 1.807) is 30.5 Å². The average Bonchev–Trinajstić information content (AvgIpc) is 2.62. The second-order valence-corrected chi connectivity index (χ2v) is 7.16. The van der Waals surface area contributed by atoms with E-state index in [2.05, 4.69) is 28.9 Å². The molecule has 2 rings (SSSR count). The Labute approximate surface area is 148 Å². The molecule has 1 aromatic carbocycles. The number of nitrogens with zero attached hydrogens (tertiary/aromatic N) is 1. The van der Waals surface area contributed by atoms with Crippen molar-refractivity contribution in [1.29, 1.82) is 0 Å². The van der Waals surface area contributed by atoms with Crippen LogP contribution in [0.25, 0.3) is 0 Å². The van der Waals surface area contributed by atoms with Crippen LogP contribution in [0, 0.1) is 0 Å². The van der Waals surface area contributed by atoms with Gasteiger partial charge in [0, 0.05) is 12.1 Å². The monoisotopic (exact) mass is 365 g/mol. The molecule has 1 atom stereocenters. The molecule has 1 unspecified atom stereocenters. The molecule has 1 heterocycles. The molecule has 2 N–H and O–H groups in total. The van der Waals surface area contributed by atoms with Gasteiger partial charge >= 0.3 is 0 Å². The molecule has 7 nitrogen and oxygen atoms in total. The predicted molar refractivity (Wildman–Crippen MR) is 98.0 cm³/mol. The molecule has 0 spiro atoms. The van der Waals surface area contributed by atoms with E-state index in [0.29, 0.717) is 11.8 Å². The summed E-state index contributed by atoms with van der Waals surface area (Å²) in [5, 5.41) is 3.27. The van der Waals surface area contributed by atoms with Gasteiger partial charge in [-0.2, -0.15) is 0 Å². The highest BCUT2D eigenvalue weighted by atomic mass is 32.2. The Balaban J connectivity index is 2.24. The first-order chi connectivity index (χ1) is 11.9. The highest BCUT2D eigenvalue weighted by Gasteiger charge is 2.21. The molecule has 0 radical (unpaired) electrons. The molecule has 0 aliphatic carbocycles.